The number of hydrogen-bond donors (Lipinski definition) is 1. The Kier molecular flexibility index (Phi) is 7.34. The van der Waals surface area contributed by atoms with Crippen molar-refractivity contribution in [3.8, 4) is 11.5 Å². The van der Waals surface area contributed by atoms with Crippen molar-refractivity contribution in [1.29, 1.82) is 0 Å². The molecule has 6 nitrogen and oxygen atoms in total. The van der Waals surface area contributed by atoms with Crippen LogP contribution in [0.3, 0.4) is 0 Å². The number of likely N-dealkylation sites (tertiary alicyclic amines) is 1. The van der Waals surface area contributed by atoms with Gasteiger partial charge in [-0.2, -0.15) is 0 Å². The Bertz CT molecular complexity index is 1040. The van der Waals surface area contributed by atoms with Gasteiger partial charge in [0, 0.05) is 31.8 Å². The molecular formula is C28H34N4O2. The predicted octanol–water partition coefficient (Wildman–Crippen LogP) is 4.38. The largest absolute Gasteiger partial charge is 0.354 e. The van der Waals surface area contributed by atoms with Crippen LogP contribution >= 0.6 is 0 Å². The van der Waals surface area contributed by atoms with Crippen molar-refractivity contribution in [3.05, 3.63) is 72.1 Å². The van der Waals surface area contributed by atoms with Crippen LogP contribution < -0.4 is 5.32 Å². The van der Waals surface area contributed by atoms with Gasteiger partial charge in [-0.05, 0) is 80.6 Å². The molecule has 34 heavy (non-hydrogen) atoms. The molecule has 2 unspecified atom stereocenters. The molecule has 5 rings (SSSR count). The van der Waals surface area contributed by atoms with E-state index in [9.17, 15) is 4.79 Å². The number of piperidine rings is 2. The number of benzene rings is 1. The zero-order valence-electron chi connectivity index (χ0n) is 19.7. The van der Waals surface area contributed by atoms with Gasteiger partial charge < -0.3 is 14.7 Å². The van der Waals surface area contributed by atoms with Crippen molar-refractivity contribution in [3.63, 3.8) is 0 Å². The fourth-order valence-corrected chi connectivity index (χ4v) is 5.48. The van der Waals surface area contributed by atoms with Crippen LogP contribution in [-0.2, 0) is 17.6 Å². The Morgan fingerprint density at radius 2 is 1.82 bits per heavy atom. The van der Waals surface area contributed by atoms with Crippen molar-refractivity contribution in [2.75, 3.05) is 26.2 Å². The van der Waals surface area contributed by atoms with Gasteiger partial charge in [0.05, 0.1) is 5.69 Å². The molecule has 2 saturated heterocycles. The molecule has 2 aromatic heterocycles. The number of pyridine rings is 1. The lowest BCUT2D eigenvalue weighted by atomic mass is 9.80. The molecule has 0 saturated carbocycles. The lowest BCUT2D eigenvalue weighted by Gasteiger charge is -2.36. The second-order valence-corrected chi connectivity index (χ2v) is 9.83. The molecule has 0 spiro atoms. The summed E-state index contributed by atoms with van der Waals surface area (Å²) in [5.74, 6) is 2.47. The van der Waals surface area contributed by atoms with Gasteiger partial charge in [-0.3, -0.25) is 9.78 Å². The van der Waals surface area contributed by atoms with Gasteiger partial charge >= 0.3 is 0 Å². The summed E-state index contributed by atoms with van der Waals surface area (Å²) in [7, 11) is 0. The molecule has 2 atom stereocenters. The lowest BCUT2D eigenvalue weighted by Crippen LogP contribution is -2.43. The highest BCUT2D eigenvalue weighted by atomic mass is 16.5. The molecule has 2 aliphatic heterocycles. The number of hydrogen-bond acceptors (Lipinski definition) is 5. The first-order chi connectivity index (χ1) is 16.7. The van der Waals surface area contributed by atoms with E-state index in [4.69, 9.17) is 4.52 Å². The minimum Gasteiger partial charge on any atom is -0.354 e. The van der Waals surface area contributed by atoms with E-state index in [2.05, 4.69) is 50.7 Å². The molecule has 0 radical (unpaired) electrons. The number of carbonyl (C=O) groups is 1. The summed E-state index contributed by atoms with van der Waals surface area (Å²) in [5, 5.41) is 7.80. The zero-order valence-corrected chi connectivity index (χ0v) is 19.7. The number of amides is 1. The third kappa shape index (κ3) is 5.73. The Hall–Kier alpha value is -2.99. The number of nitrogens with zero attached hydrogens (tertiary/aromatic N) is 3. The summed E-state index contributed by atoms with van der Waals surface area (Å²) in [6.45, 7) is 3.68. The quantitative estimate of drug-likeness (QED) is 0.569. The average Bonchev–Trinajstić information content (AvgIpc) is 3.35. The van der Waals surface area contributed by atoms with Crippen molar-refractivity contribution >= 4 is 5.91 Å². The zero-order chi connectivity index (χ0) is 23.2. The van der Waals surface area contributed by atoms with Crippen LogP contribution in [0.4, 0.5) is 0 Å². The van der Waals surface area contributed by atoms with Crippen LogP contribution in [0.1, 0.15) is 36.9 Å². The molecule has 178 valence electrons. The molecule has 1 aromatic carbocycles. The van der Waals surface area contributed by atoms with Crippen LogP contribution in [0.5, 0.6) is 0 Å². The molecule has 4 heterocycles. The van der Waals surface area contributed by atoms with Gasteiger partial charge in [0.15, 0.2) is 5.76 Å². The summed E-state index contributed by atoms with van der Waals surface area (Å²) in [6.07, 6.45) is 7.58. The van der Waals surface area contributed by atoms with E-state index in [0.717, 1.165) is 69.7 Å². The van der Waals surface area contributed by atoms with Crippen molar-refractivity contribution < 1.29 is 9.32 Å². The third-order valence-electron chi connectivity index (χ3n) is 7.48. The Morgan fingerprint density at radius 1 is 1.00 bits per heavy atom. The predicted molar refractivity (Wildman–Crippen MR) is 132 cm³/mol. The molecule has 1 amide bonds. The summed E-state index contributed by atoms with van der Waals surface area (Å²) in [4.78, 5) is 19.6. The monoisotopic (exact) mass is 458 g/mol. The normalized spacial score (nSPS) is 21.5. The van der Waals surface area contributed by atoms with Gasteiger partial charge in [0.1, 0.15) is 5.69 Å². The lowest BCUT2D eigenvalue weighted by molar-refractivity contribution is -0.134. The number of nitrogens with one attached hydrogen (secondary N) is 1. The molecule has 2 aliphatic rings. The first kappa shape index (κ1) is 22.8. The topological polar surface area (TPSA) is 71.3 Å². The van der Waals surface area contributed by atoms with Crippen molar-refractivity contribution in [1.82, 2.24) is 20.4 Å². The van der Waals surface area contributed by atoms with Gasteiger partial charge in [-0.15, -0.1) is 0 Å². The first-order valence-corrected chi connectivity index (χ1v) is 12.6. The Balaban J connectivity index is 1.14. The number of aromatic nitrogens is 2. The summed E-state index contributed by atoms with van der Waals surface area (Å²) in [6, 6.07) is 18.5. The van der Waals surface area contributed by atoms with Gasteiger partial charge in [0.2, 0.25) is 5.91 Å². The standard InChI is InChI=1S/C28H34N4O2/c33-28(32-14-10-22(11-15-32)16-21-6-2-1-3-7-21)18-23-9-13-29-20-24(23)17-25-19-27(34-31-25)26-8-4-5-12-30-26/h1-8,12,19,22-24,29H,9-11,13-18,20H2. The minimum atomic E-state index is 0.324. The summed E-state index contributed by atoms with van der Waals surface area (Å²) < 4.78 is 5.55. The maximum Gasteiger partial charge on any atom is 0.222 e. The van der Waals surface area contributed by atoms with E-state index in [1.807, 2.05) is 24.3 Å². The molecular weight excluding hydrogens is 424 g/mol. The molecule has 6 heteroatoms. The highest BCUT2D eigenvalue weighted by Crippen LogP contribution is 2.29. The van der Waals surface area contributed by atoms with Gasteiger partial charge in [0.25, 0.3) is 0 Å². The van der Waals surface area contributed by atoms with Gasteiger partial charge in [-0.1, -0.05) is 41.6 Å². The van der Waals surface area contributed by atoms with Crippen LogP contribution in [0.15, 0.2) is 65.3 Å². The van der Waals surface area contributed by atoms with E-state index in [0.29, 0.717) is 35.8 Å². The number of rotatable bonds is 7. The smallest absolute Gasteiger partial charge is 0.222 e. The van der Waals surface area contributed by atoms with E-state index < -0.39 is 0 Å². The average molecular weight is 459 g/mol. The summed E-state index contributed by atoms with van der Waals surface area (Å²) >= 11 is 0. The number of carbonyl (C=O) groups excluding carboxylic acids is 1. The van der Waals surface area contributed by atoms with Crippen LogP contribution in [0.25, 0.3) is 11.5 Å². The fraction of sp³-hybridized carbons (Fsp3) is 0.464. The molecule has 3 aromatic rings. The molecule has 0 aliphatic carbocycles. The van der Waals surface area contributed by atoms with Crippen molar-refractivity contribution in [2.45, 2.75) is 38.5 Å². The minimum absolute atomic E-state index is 0.324. The molecule has 0 bridgehead atoms. The highest BCUT2D eigenvalue weighted by molar-refractivity contribution is 5.76. The summed E-state index contributed by atoms with van der Waals surface area (Å²) in [5.41, 5.74) is 3.14. The van der Waals surface area contributed by atoms with Crippen LogP contribution in [0, 0.1) is 17.8 Å². The first-order valence-electron chi connectivity index (χ1n) is 12.6. The van der Waals surface area contributed by atoms with E-state index >= 15 is 0 Å². The van der Waals surface area contributed by atoms with Gasteiger partial charge in [-0.25, -0.2) is 0 Å². The SMILES string of the molecule is O=C(CC1CCNCC1Cc1cc(-c2ccccn2)on1)N1CCC(Cc2ccccc2)CC1. The fourth-order valence-electron chi connectivity index (χ4n) is 5.48. The van der Waals surface area contributed by atoms with E-state index in [1.165, 1.54) is 5.56 Å². The second kappa shape index (κ2) is 11.0. The van der Waals surface area contributed by atoms with Crippen LogP contribution in [-0.4, -0.2) is 47.1 Å². The molecule has 2 fully saturated rings. The Morgan fingerprint density at radius 3 is 2.62 bits per heavy atom. The van der Waals surface area contributed by atoms with Crippen molar-refractivity contribution in [2.24, 2.45) is 17.8 Å². The Labute approximate surface area is 201 Å². The maximum absolute atomic E-state index is 13.2. The van der Waals surface area contributed by atoms with Crippen LogP contribution in [0.2, 0.25) is 0 Å². The third-order valence-corrected chi connectivity index (χ3v) is 7.48. The van der Waals surface area contributed by atoms with E-state index in [1.54, 1.807) is 6.20 Å². The maximum atomic E-state index is 13.2. The molecule has 1 N–H and O–H groups in total. The highest BCUT2D eigenvalue weighted by Gasteiger charge is 2.31. The second-order valence-electron chi connectivity index (χ2n) is 9.83. The van der Waals surface area contributed by atoms with E-state index in [-0.39, 0.29) is 0 Å².